The fourth-order valence-electron chi connectivity index (χ4n) is 3.38. The Kier molecular flexibility index (Phi) is 4.28. The highest BCUT2D eigenvalue weighted by Crippen LogP contribution is 2.28. The molecule has 0 aliphatic carbocycles. The molecule has 2 aliphatic heterocycles. The van der Waals surface area contributed by atoms with Crippen molar-refractivity contribution >= 4 is 5.91 Å². The Bertz CT molecular complexity index is 290. The summed E-state index contributed by atoms with van der Waals surface area (Å²) in [5.74, 6) is 0.295. The summed E-state index contributed by atoms with van der Waals surface area (Å²) in [6, 6.07) is 0. The van der Waals surface area contributed by atoms with Gasteiger partial charge in [-0.2, -0.15) is 0 Å². The van der Waals surface area contributed by atoms with Crippen molar-refractivity contribution in [3.8, 4) is 0 Å². The van der Waals surface area contributed by atoms with E-state index in [4.69, 9.17) is 4.74 Å². The molecule has 0 aromatic carbocycles. The maximum absolute atomic E-state index is 12.8. The van der Waals surface area contributed by atoms with Crippen molar-refractivity contribution < 1.29 is 9.53 Å². The first-order valence-electron chi connectivity index (χ1n) is 7.27. The van der Waals surface area contributed by atoms with Gasteiger partial charge in [0.1, 0.15) is 0 Å². The van der Waals surface area contributed by atoms with Crippen LogP contribution in [0.2, 0.25) is 0 Å². The largest absolute Gasteiger partial charge is 0.372 e. The number of ether oxygens (including phenoxy) is 1. The lowest BCUT2D eigenvalue weighted by molar-refractivity contribution is -0.150. The molecule has 104 valence electrons. The molecule has 18 heavy (non-hydrogen) atoms. The third-order valence-electron chi connectivity index (χ3n) is 4.04. The minimum absolute atomic E-state index is 0.151. The lowest BCUT2D eigenvalue weighted by atomic mass is 9.89. The van der Waals surface area contributed by atoms with Crippen molar-refractivity contribution in [2.45, 2.75) is 64.2 Å². The molecule has 2 saturated heterocycles. The van der Waals surface area contributed by atoms with Crippen LogP contribution < -0.4 is 5.32 Å². The third kappa shape index (κ3) is 2.69. The van der Waals surface area contributed by atoms with Crippen LogP contribution in [0.3, 0.4) is 0 Å². The van der Waals surface area contributed by atoms with Crippen LogP contribution in [0.4, 0.5) is 0 Å². The van der Waals surface area contributed by atoms with Gasteiger partial charge in [0.2, 0.25) is 5.91 Å². The number of hydrogen-bond acceptors (Lipinski definition) is 3. The van der Waals surface area contributed by atoms with Gasteiger partial charge in [-0.15, -0.1) is 0 Å². The van der Waals surface area contributed by atoms with E-state index in [0.29, 0.717) is 5.91 Å². The monoisotopic (exact) mass is 254 g/mol. The van der Waals surface area contributed by atoms with Gasteiger partial charge in [0.25, 0.3) is 0 Å². The molecular weight excluding hydrogens is 228 g/mol. The predicted octanol–water partition coefficient (Wildman–Crippen LogP) is 1.54. The fourth-order valence-corrected chi connectivity index (χ4v) is 3.38. The second kappa shape index (κ2) is 5.57. The summed E-state index contributed by atoms with van der Waals surface area (Å²) in [7, 11) is 0. The maximum Gasteiger partial charge on any atom is 0.243 e. The molecule has 2 heterocycles. The molecule has 0 bridgehead atoms. The van der Waals surface area contributed by atoms with Gasteiger partial charge in [0.15, 0.2) is 0 Å². The van der Waals surface area contributed by atoms with Crippen LogP contribution in [0, 0.1) is 0 Å². The highest BCUT2D eigenvalue weighted by atomic mass is 16.5. The maximum atomic E-state index is 12.8. The number of nitrogens with zero attached hydrogens (tertiary/aromatic N) is 1. The summed E-state index contributed by atoms with van der Waals surface area (Å²) in [6.45, 7) is 8.68. The van der Waals surface area contributed by atoms with Crippen molar-refractivity contribution in [1.29, 1.82) is 0 Å². The van der Waals surface area contributed by atoms with E-state index in [1.165, 1.54) is 0 Å². The molecular formula is C14H26N2O2. The van der Waals surface area contributed by atoms with Gasteiger partial charge in [-0.1, -0.05) is 13.3 Å². The topological polar surface area (TPSA) is 41.6 Å². The first-order chi connectivity index (χ1) is 8.57. The zero-order chi connectivity index (χ0) is 13.2. The van der Waals surface area contributed by atoms with E-state index in [2.05, 4.69) is 12.2 Å². The molecule has 2 fully saturated rings. The fraction of sp³-hybridized carbons (Fsp3) is 0.929. The van der Waals surface area contributed by atoms with Crippen molar-refractivity contribution in [3.05, 3.63) is 0 Å². The molecule has 0 spiro atoms. The molecule has 0 aromatic heterocycles. The smallest absolute Gasteiger partial charge is 0.243 e. The average Bonchev–Trinajstić information content (AvgIpc) is 2.77. The van der Waals surface area contributed by atoms with Gasteiger partial charge < -0.3 is 15.0 Å². The number of carbonyl (C=O) groups is 1. The quantitative estimate of drug-likeness (QED) is 0.831. The van der Waals surface area contributed by atoms with E-state index in [-0.39, 0.29) is 17.7 Å². The van der Waals surface area contributed by atoms with E-state index in [1.54, 1.807) is 0 Å². The number of rotatable bonds is 3. The van der Waals surface area contributed by atoms with E-state index in [0.717, 1.165) is 45.3 Å². The second-order valence-electron chi connectivity index (χ2n) is 5.83. The highest BCUT2D eigenvalue weighted by molar-refractivity contribution is 5.87. The van der Waals surface area contributed by atoms with Crippen molar-refractivity contribution in [3.63, 3.8) is 0 Å². The molecule has 1 N–H and O–H groups in total. The summed E-state index contributed by atoms with van der Waals surface area (Å²) < 4.78 is 5.71. The van der Waals surface area contributed by atoms with E-state index in [1.807, 2.05) is 18.7 Å². The number of amides is 1. The molecule has 1 amide bonds. The second-order valence-corrected chi connectivity index (χ2v) is 5.83. The molecule has 3 atom stereocenters. The first kappa shape index (κ1) is 13.8. The molecule has 4 nitrogen and oxygen atoms in total. The van der Waals surface area contributed by atoms with E-state index < -0.39 is 0 Å². The lowest BCUT2D eigenvalue weighted by Gasteiger charge is -2.40. The molecule has 2 aliphatic rings. The Labute approximate surface area is 110 Å². The standard InChI is InChI=1S/C14H26N2O2/c1-4-6-14(7-5-8-15-14)13(17)16-9-11(2)18-12(3)10-16/h11-12,15H,4-10H2,1-3H3/t11-,12+,14?. The highest BCUT2D eigenvalue weighted by Gasteiger charge is 2.43. The summed E-state index contributed by atoms with van der Waals surface area (Å²) in [4.78, 5) is 14.8. The Morgan fingerprint density at radius 3 is 2.56 bits per heavy atom. The first-order valence-corrected chi connectivity index (χ1v) is 7.27. The van der Waals surface area contributed by atoms with Crippen molar-refractivity contribution in [1.82, 2.24) is 10.2 Å². The summed E-state index contributed by atoms with van der Waals surface area (Å²) in [6.07, 6.45) is 4.40. The Morgan fingerprint density at radius 2 is 2.06 bits per heavy atom. The zero-order valence-corrected chi connectivity index (χ0v) is 11.9. The van der Waals surface area contributed by atoms with Crippen molar-refractivity contribution in [2.24, 2.45) is 0 Å². The summed E-state index contributed by atoms with van der Waals surface area (Å²) >= 11 is 0. The summed E-state index contributed by atoms with van der Waals surface area (Å²) in [5, 5.41) is 3.47. The average molecular weight is 254 g/mol. The Morgan fingerprint density at radius 1 is 1.39 bits per heavy atom. The molecule has 2 rings (SSSR count). The van der Waals surface area contributed by atoms with Crippen LogP contribution in [-0.2, 0) is 9.53 Å². The third-order valence-corrected chi connectivity index (χ3v) is 4.04. The Balaban J connectivity index is 2.08. The Hall–Kier alpha value is -0.610. The van der Waals surface area contributed by atoms with Gasteiger partial charge in [-0.25, -0.2) is 0 Å². The SMILES string of the molecule is CCCC1(C(=O)N2C[C@@H](C)O[C@@H](C)C2)CCCN1. The number of morpholine rings is 1. The van der Waals surface area contributed by atoms with Crippen molar-refractivity contribution in [2.75, 3.05) is 19.6 Å². The molecule has 0 aromatic rings. The van der Waals surface area contributed by atoms with Gasteiger partial charge in [0, 0.05) is 13.1 Å². The van der Waals surface area contributed by atoms with Crippen LogP contribution in [0.25, 0.3) is 0 Å². The van der Waals surface area contributed by atoms with E-state index >= 15 is 0 Å². The van der Waals surface area contributed by atoms with Crippen LogP contribution in [0.1, 0.15) is 46.5 Å². The number of carbonyl (C=O) groups excluding carboxylic acids is 1. The van der Waals surface area contributed by atoms with Crippen LogP contribution in [0.15, 0.2) is 0 Å². The normalized spacial score (nSPS) is 36.9. The van der Waals surface area contributed by atoms with Crippen LogP contribution >= 0.6 is 0 Å². The van der Waals surface area contributed by atoms with E-state index in [9.17, 15) is 4.79 Å². The number of hydrogen-bond donors (Lipinski definition) is 1. The minimum atomic E-state index is -0.286. The van der Waals surface area contributed by atoms with Gasteiger partial charge >= 0.3 is 0 Å². The van der Waals surface area contributed by atoms with Gasteiger partial charge in [0.05, 0.1) is 17.7 Å². The van der Waals surface area contributed by atoms with Crippen LogP contribution in [-0.4, -0.2) is 48.2 Å². The molecule has 0 radical (unpaired) electrons. The summed E-state index contributed by atoms with van der Waals surface area (Å²) in [5.41, 5.74) is -0.286. The number of nitrogens with one attached hydrogen (secondary N) is 1. The van der Waals surface area contributed by atoms with Crippen LogP contribution in [0.5, 0.6) is 0 Å². The minimum Gasteiger partial charge on any atom is -0.372 e. The molecule has 0 saturated carbocycles. The molecule has 4 heteroatoms. The zero-order valence-electron chi connectivity index (χ0n) is 11.9. The van der Waals surface area contributed by atoms with Gasteiger partial charge in [-0.3, -0.25) is 4.79 Å². The lowest BCUT2D eigenvalue weighted by Crippen LogP contribution is -2.59. The van der Waals surface area contributed by atoms with Gasteiger partial charge in [-0.05, 0) is 39.7 Å². The predicted molar refractivity (Wildman–Crippen MR) is 71.5 cm³/mol. The molecule has 1 unspecified atom stereocenters.